The van der Waals surface area contributed by atoms with Gasteiger partial charge in [0.25, 0.3) is 0 Å². The van der Waals surface area contributed by atoms with Gasteiger partial charge < -0.3 is 24.4 Å². The molecule has 0 unspecified atom stereocenters. The molecule has 1 aliphatic heterocycles. The highest BCUT2D eigenvalue weighted by atomic mass is 16.5. The van der Waals surface area contributed by atoms with E-state index in [1.54, 1.807) is 20.3 Å². The summed E-state index contributed by atoms with van der Waals surface area (Å²) in [5.41, 5.74) is 5.76. The lowest BCUT2D eigenvalue weighted by molar-refractivity contribution is -0.138. The van der Waals surface area contributed by atoms with Crippen molar-refractivity contribution in [3.8, 4) is 23.0 Å². The van der Waals surface area contributed by atoms with Gasteiger partial charge in [0.2, 0.25) is 0 Å². The van der Waals surface area contributed by atoms with Gasteiger partial charge in [-0.2, -0.15) is 0 Å². The van der Waals surface area contributed by atoms with Gasteiger partial charge in [-0.05, 0) is 113 Å². The molecule has 2 aliphatic rings. The Kier molecular flexibility index (Phi) is 9.28. The summed E-state index contributed by atoms with van der Waals surface area (Å²) >= 11 is 0. The third kappa shape index (κ3) is 6.67. The number of aromatic hydroxyl groups is 1. The van der Waals surface area contributed by atoms with Crippen molar-refractivity contribution in [2.24, 2.45) is 11.3 Å². The van der Waals surface area contributed by atoms with Gasteiger partial charge in [0.05, 0.1) is 20.3 Å². The van der Waals surface area contributed by atoms with Gasteiger partial charge in [-0.3, -0.25) is 0 Å². The zero-order valence-corrected chi connectivity index (χ0v) is 26.1. The number of ether oxygens (including phenoxy) is 3. The summed E-state index contributed by atoms with van der Waals surface area (Å²) in [6, 6.07) is 7.90. The Labute approximate surface area is 246 Å². The van der Waals surface area contributed by atoms with E-state index in [0.717, 1.165) is 60.1 Å². The number of allylic oxidation sites excluding steroid dienone is 4. The van der Waals surface area contributed by atoms with Crippen LogP contribution in [-0.2, 0) is 12.8 Å². The van der Waals surface area contributed by atoms with Crippen LogP contribution in [0.25, 0.3) is 12.2 Å². The molecule has 1 saturated carbocycles. The summed E-state index contributed by atoms with van der Waals surface area (Å²) in [4.78, 5) is 0. The second-order valence-electron chi connectivity index (χ2n) is 12.9. The number of aliphatic hydroxyl groups is 1. The smallest absolute Gasteiger partial charge is 0.165 e. The van der Waals surface area contributed by atoms with Gasteiger partial charge in [-0.1, -0.05) is 49.3 Å². The maximum absolute atomic E-state index is 10.9. The largest absolute Gasteiger partial charge is 0.507 e. The molecule has 41 heavy (non-hydrogen) atoms. The van der Waals surface area contributed by atoms with E-state index in [1.807, 2.05) is 24.3 Å². The number of rotatable bonds is 9. The number of methoxy groups -OCH3 is 2. The molecule has 2 N–H and O–H groups in total. The monoisotopic (exact) mass is 560 g/mol. The van der Waals surface area contributed by atoms with Gasteiger partial charge in [-0.15, -0.1) is 0 Å². The van der Waals surface area contributed by atoms with Crippen LogP contribution in [-0.4, -0.2) is 36.1 Å². The predicted molar refractivity (Wildman–Crippen MR) is 168 cm³/mol. The average molecular weight is 561 g/mol. The van der Waals surface area contributed by atoms with Crippen molar-refractivity contribution in [2.45, 2.75) is 91.8 Å². The highest BCUT2D eigenvalue weighted by Crippen LogP contribution is 2.55. The van der Waals surface area contributed by atoms with Crippen LogP contribution in [0, 0.1) is 11.3 Å². The van der Waals surface area contributed by atoms with Crippen LogP contribution >= 0.6 is 0 Å². The third-order valence-corrected chi connectivity index (χ3v) is 9.18. The van der Waals surface area contributed by atoms with E-state index >= 15 is 0 Å². The fourth-order valence-corrected chi connectivity index (χ4v) is 6.54. The van der Waals surface area contributed by atoms with Crippen molar-refractivity contribution in [3.05, 3.63) is 69.8 Å². The number of fused-ring (bicyclic) bond motifs is 2. The molecule has 4 rings (SSSR count). The fourth-order valence-electron chi connectivity index (χ4n) is 6.54. The van der Waals surface area contributed by atoms with Gasteiger partial charge >= 0.3 is 0 Å². The van der Waals surface area contributed by atoms with Gasteiger partial charge in [0.1, 0.15) is 17.1 Å². The summed E-state index contributed by atoms with van der Waals surface area (Å²) in [5.74, 6) is 2.61. The zero-order valence-electron chi connectivity index (χ0n) is 26.1. The van der Waals surface area contributed by atoms with E-state index in [9.17, 15) is 10.2 Å². The quantitative estimate of drug-likeness (QED) is 0.238. The Balaban J connectivity index is 1.57. The summed E-state index contributed by atoms with van der Waals surface area (Å²) in [6.45, 7) is 12.8. The van der Waals surface area contributed by atoms with Crippen LogP contribution in [0.2, 0.25) is 0 Å². The summed E-state index contributed by atoms with van der Waals surface area (Å²) in [7, 11) is 3.32. The van der Waals surface area contributed by atoms with E-state index in [1.165, 1.54) is 11.1 Å². The van der Waals surface area contributed by atoms with Gasteiger partial charge in [0.15, 0.2) is 11.5 Å². The molecule has 3 atom stereocenters. The van der Waals surface area contributed by atoms with Crippen molar-refractivity contribution in [1.29, 1.82) is 0 Å². The minimum absolute atomic E-state index is 0.189. The van der Waals surface area contributed by atoms with Crippen molar-refractivity contribution >= 4 is 12.2 Å². The van der Waals surface area contributed by atoms with Crippen LogP contribution in [0.3, 0.4) is 0 Å². The topological polar surface area (TPSA) is 68.2 Å². The summed E-state index contributed by atoms with van der Waals surface area (Å²) in [6.07, 6.45) is 13.1. The molecular weight excluding hydrogens is 512 g/mol. The SMILES string of the molecule is COc1cc(/C=C/c2cc3c(c(OC)c2)O[C@]2(C)CC[C@@H](O)C(C)(C)[C@H]2C3)cc(O)c1C/C=C(\C)CCC=C(C)C. The Hall–Kier alpha value is -3.18. The molecule has 0 radical (unpaired) electrons. The normalized spacial score (nSPS) is 23.4. The number of hydrogen-bond acceptors (Lipinski definition) is 5. The second kappa shape index (κ2) is 12.4. The molecule has 5 heteroatoms. The molecule has 222 valence electrons. The lowest BCUT2D eigenvalue weighted by Gasteiger charge is -2.55. The standard InChI is InChI=1S/C36H48O5/c1-23(2)10-9-11-24(3)12-15-28-29(37)19-26(20-30(28)39-7)14-13-25-18-27-22-32-35(4,5)33(38)16-17-36(32,6)41-34(27)31(21-25)40-8/h10,12-14,18-21,32-33,37-38H,9,11,15-17,22H2,1-8H3/b14-13+,24-12+/t32-,33-,36-/m1/s1. The Bertz CT molecular complexity index is 1340. The molecule has 0 bridgehead atoms. The van der Waals surface area contributed by atoms with E-state index in [-0.39, 0.29) is 28.8 Å². The van der Waals surface area contributed by atoms with E-state index in [0.29, 0.717) is 17.9 Å². The summed E-state index contributed by atoms with van der Waals surface area (Å²) in [5, 5.41) is 21.7. The van der Waals surface area contributed by atoms with Crippen molar-refractivity contribution < 1.29 is 24.4 Å². The van der Waals surface area contributed by atoms with Crippen molar-refractivity contribution in [1.82, 2.24) is 0 Å². The first-order valence-corrected chi connectivity index (χ1v) is 14.8. The maximum atomic E-state index is 10.9. The Morgan fingerprint density at radius 2 is 1.63 bits per heavy atom. The number of hydrogen-bond donors (Lipinski definition) is 2. The molecule has 1 aliphatic carbocycles. The van der Waals surface area contributed by atoms with Gasteiger partial charge in [-0.25, -0.2) is 0 Å². The Morgan fingerprint density at radius 3 is 2.29 bits per heavy atom. The maximum Gasteiger partial charge on any atom is 0.165 e. The van der Waals surface area contributed by atoms with Gasteiger partial charge in [0, 0.05) is 11.5 Å². The van der Waals surface area contributed by atoms with Crippen LogP contribution < -0.4 is 14.2 Å². The van der Waals surface area contributed by atoms with E-state index < -0.39 is 0 Å². The van der Waals surface area contributed by atoms with E-state index in [4.69, 9.17) is 14.2 Å². The number of phenols is 1. The van der Waals surface area contributed by atoms with Crippen molar-refractivity contribution in [2.75, 3.05) is 14.2 Å². The van der Waals surface area contributed by atoms with Crippen LogP contribution in [0.4, 0.5) is 0 Å². The van der Waals surface area contributed by atoms with E-state index in [2.05, 4.69) is 59.8 Å². The first-order valence-electron chi connectivity index (χ1n) is 14.8. The molecular formula is C36H48O5. The van der Waals surface area contributed by atoms with Crippen LogP contribution in [0.15, 0.2) is 47.6 Å². The minimum atomic E-state index is -0.344. The molecule has 2 aromatic rings. The first kappa shape index (κ1) is 30.8. The van der Waals surface area contributed by atoms with Crippen molar-refractivity contribution in [3.63, 3.8) is 0 Å². The molecule has 0 aromatic heterocycles. The minimum Gasteiger partial charge on any atom is -0.507 e. The lowest BCUT2D eigenvalue weighted by Crippen LogP contribution is -2.58. The number of phenolic OH excluding ortho intramolecular Hbond substituents is 1. The van der Waals surface area contributed by atoms with Crippen LogP contribution in [0.1, 0.15) is 89.5 Å². The highest BCUT2D eigenvalue weighted by molar-refractivity contribution is 5.74. The molecule has 1 fully saturated rings. The molecule has 5 nitrogen and oxygen atoms in total. The fraction of sp³-hybridized carbons (Fsp3) is 0.500. The highest BCUT2D eigenvalue weighted by Gasteiger charge is 2.54. The molecule has 0 spiro atoms. The third-order valence-electron chi connectivity index (χ3n) is 9.18. The Morgan fingerprint density at radius 1 is 0.976 bits per heavy atom. The molecule has 0 saturated heterocycles. The number of aliphatic hydroxyl groups excluding tert-OH is 1. The molecule has 0 amide bonds. The second-order valence-corrected chi connectivity index (χ2v) is 12.9. The molecule has 2 aromatic carbocycles. The van der Waals surface area contributed by atoms with Crippen LogP contribution in [0.5, 0.6) is 23.0 Å². The average Bonchev–Trinajstić information content (AvgIpc) is 2.92. The lowest BCUT2D eigenvalue weighted by atomic mass is 9.57. The predicted octanol–water partition coefficient (Wildman–Crippen LogP) is 8.31. The molecule has 1 heterocycles. The first-order chi connectivity index (χ1) is 19.4. The summed E-state index contributed by atoms with van der Waals surface area (Å²) < 4.78 is 18.1. The zero-order chi connectivity index (χ0) is 29.9. The number of benzene rings is 2.